The van der Waals surface area contributed by atoms with E-state index in [2.05, 4.69) is 180 Å². The number of hydrogen-bond donors (Lipinski definition) is 0. The molecule has 1 aliphatic carbocycles. The van der Waals surface area contributed by atoms with Crippen molar-refractivity contribution >= 4 is 60.4 Å². The van der Waals surface area contributed by atoms with E-state index in [1.54, 1.807) is 0 Å². The Morgan fingerprint density at radius 2 is 1.13 bits per heavy atom. The summed E-state index contributed by atoms with van der Waals surface area (Å²) in [5, 5.41) is 7.73. The predicted octanol–water partition coefficient (Wildman–Crippen LogP) is 12.5. The number of aryl methyl sites for hydroxylation is 1. The van der Waals surface area contributed by atoms with E-state index in [1.807, 2.05) is 0 Å². The van der Waals surface area contributed by atoms with Crippen molar-refractivity contribution < 1.29 is 0 Å². The van der Waals surface area contributed by atoms with Crippen molar-refractivity contribution in [2.45, 2.75) is 6.92 Å². The molecule has 10 rings (SSSR count). The van der Waals surface area contributed by atoms with Crippen LogP contribution in [0.3, 0.4) is 0 Å². The van der Waals surface area contributed by atoms with Gasteiger partial charge in [0.1, 0.15) is 0 Å². The van der Waals surface area contributed by atoms with Crippen LogP contribution in [0, 0.1) is 6.92 Å². The zero-order valence-electron chi connectivity index (χ0n) is 26.0. The van der Waals surface area contributed by atoms with Crippen LogP contribution in [-0.2, 0) is 0 Å². The van der Waals surface area contributed by atoms with E-state index in [9.17, 15) is 0 Å². The number of para-hydroxylation sites is 2. The zero-order chi connectivity index (χ0) is 31.1. The Labute approximate surface area is 273 Å². The summed E-state index contributed by atoms with van der Waals surface area (Å²) in [7, 11) is 0. The third-order valence-corrected chi connectivity index (χ3v) is 10.1. The smallest absolute Gasteiger partial charge is 0.0591 e. The summed E-state index contributed by atoms with van der Waals surface area (Å²) in [5.41, 5.74) is 13.5. The molecule has 8 aromatic carbocycles. The normalized spacial score (nSPS) is 11.9. The summed E-state index contributed by atoms with van der Waals surface area (Å²) in [5.74, 6) is 0. The van der Waals surface area contributed by atoms with E-state index in [-0.39, 0.29) is 0 Å². The molecule has 2 nitrogen and oxygen atoms in total. The molecule has 0 radical (unpaired) electrons. The number of hydrogen-bond acceptors (Lipinski definition) is 1. The first-order valence-corrected chi connectivity index (χ1v) is 16.3. The largest absolute Gasteiger partial charge is 0.310 e. The SMILES string of the molecule is Cc1c(N(c2ccccc2)c2cccc3c2-c2cccc4cccc-3c24)ccc2c3c4ccccc4ccc3n(-c3ccccc3)c12. The quantitative estimate of drug-likeness (QED) is 0.196. The van der Waals surface area contributed by atoms with E-state index >= 15 is 0 Å². The van der Waals surface area contributed by atoms with E-state index in [4.69, 9.17) is 0 Å². The Balaban J connectivity index is 1.32. The maximum Gasteiger partial charge on any atom is 0.0591 e. The Hall–Kier alpha value is -6.12. The summed E-state index contributed by atoms with van der Waals surface area (Å²) < 4.78 is 2.46. The summed E-state index contributed by atoms with van der Waals surface area (Å²) in [4.78, 5) is 2.48. The second kappa shape index (κ2) is 9.94. The molecule has 0 aliphatic heterocycles. The zero-order valence-corrected chi connectivity index (χ0v) is 26.0. The van der Waals surface area contributed by atoms with Crippen LogP contribution in [0.25, 0.3) is 71.3 Å². The molecule has 2 heteroatoms. The molecule has 0 amide bonds. The fourth-order valence-electron chi connectivity index (χ4n) is 8.11. The van der Waals surface area contributed by atoms with E-state index in [0.29, 0.717) is 0 Å². The van der Waals surface area contributed by atoms with E-state index in [1.165, 1.54) is 82.5 Å². The molecule has 47 heavy (non-hydrogen) atoms. The highest BCUT2D eigenvalue weighted by Gasteiger charge is 2.28. The Kier molecular flexibility index (Phi) is 5.53. The van der Waals surface area contributed by atoms with Crippen LogP contribution >= 0.6 is 0 Å². The van der Waals surface area contributed by atoms with E-state index in [0.717, 1.165) is 11.4 Å². The van der Waals surface area contributed by atoms with Gasteiger partial charge in [-0.25, -0.2) is 0 Å². The second-order valence-corrected chi connectivity index (χ2v) is 12.5. The monoisotopic (exact) mass is 598 g/mol. The number of nitrogens with zero attached hydrogens (tertiary/aromatic N) is 2. The third kappa shape index (κ3) is 3.67. The van der Waals surface area contributed by atoms with Gasteiger partial charge in [0.05, 0.1) is 22.4 Å². The van der Waals surface area contributed by atoms with Gasteiger partial charge in [0, 0.05) is 27.7 Å². The van der Waals surface area contributed by atoms with Crippen molar-refractivity contribution in [3.05, 3.63) is 169 Å². The van der Waals surface area contributed by atoms with Crippen molar-refractivity contribution in [3.63, 3.8) is 0 Å². The molecule has 9 aromatic rings. The highest BCUT2D eigenvalue weighted by molar-refractivity contribution is 6.23. The maximum absolute atomic E-state index is 2.48. The number of fused-ring (bicyclic) bond motifs is 8. The lowest BCUT2D eigenvalue weighted by molar-refractivity contribution is 1.16. The van der Waals surface area contributed by atoms with E-state index < -0.39 is 0 Å². The fraction of sp³-hybridized carbons (Fsp3) is 0.0222. The first kappa shape index (κ1) is 26.1. The molecular formula is C45H30N2. The van der Waals surface area contributed by atoms with Gasteiger partial charge in [0.2, 0.25) is 0 Å². The Morgan fingerprint density at radius 1 is 0.447 bits per heavy atom. The first-order chi connectivity index (χ1) is 23.3. The van der Waals surface area contributed by atoms with Crippen LogP contribution in [0.5, 0.6) is 0 Å². The molecule has 1 aromatic heterocycles. The minimum atomic E-state index is 1.14. The molecule has 0 spiro atoms. The molecule has 0 atom stereocenters. The average Bonchev–Trinajstić information content (AvgIpc) is 3.66. The molecule has 1 heterocycles. The average molecular weight is 599 g/mol. The molecule has 0 saturated heterocycles. The van der Waals surface area contributed by atoms with Crippen LogP contribution in [0.15, 0.2) is 164 Å². The van der Waals surface area contributed by atoms with Crippen molar-refractivity contribution in [2.75, 3.05) is 4.90 Å². The molecule has 1 aliphatic rings. The maximum atomic E-state index is 2.48. The lowest BCUT2D eigenvalue weighted by Crippen LogP contribution is -2.13. The fourth-order valence-corrected chi connectivity index (χ4v) is 8.11. The topological polar surface area (TPSA) is 8.17 Å². The van der Waals surface area contributed by atoms with Crippen molar-refractivity contribution in [1.29, 1.82) is 0 Å². The minimum absolute atomic E-state index is 1.14. The molecule has 0 unspecified atom stereocenters. The number of aromatic nitrogens is 1. The second-order valence-electron chi connectivity index (χ2n) is 12.5. The van der Waals surface area contributed by atoms with Crippen LogP contribution < -0.4 is 4.90 Å². The van der Waals surface area contributed by atoms with Crippen LogP contribution in [-0.4, -0.2) is 4.57 Å². The van der Waals surface area contributed by atoms with Crippen LogP contribution in [0.4, 0.5) is 17.1 Å². The van der Waals surface area contributed by atoms with Gasteiger partial charge in [-0.1, -0.05) is 121 Å². The summed E-state index contributed by atoms with van der Waals surface area (Å²) >= 11 is 0. The molecular weight excluding hydrogens is 569 g/mol. The van der Waals surface area contributed by atoms with Gasteiger partial charge < -0.3 is 9.47 Å². The summed E-state index contributed by atoms with van der Waals surface area (Å²) in [6, 6.07) is 59.8. The molecule has 220 valence electrons. The first-order valence-electron chi connectivity index (χ1n) is 16.3. The van der Waals surface area contributed by atoms with Crippen LogP contribution in [0.2, 0.25) is 0 Å². The molecule has 0 fully saturated rings. The summed E-state index contributed by atoms with van der Waals surface area (Å²) in [6.07, 6.45) is 0. The predicted molar refractivity (Wildman–Crippen MR) is 200 cm³/mol. The Morgan fingerprint density at radius 3 is 1.96 bits per heavy atom. The van der Waals surface area contributed by atoms with Gasteiger partial charge in [-0.15, -0.1) is 0 Å². The number of rotatable bonds is 4. The minimum Gasteiger partial charge on any atom is -0.310 e. The van der Waals surface area contributed by atoms with Crippen molar-refractivity contribution in [3.8, 4) is 27.9 Å². The van der Waals surface area contributed by atoms with Gasteiger partial charge in [-0.3, -0.25) is 0 Å². The van der Waals surface area contributed by atoms with Crippen molar-refractivity contribution in [1.82, 2.24) is 4.57 Å². The van der Waals surface area contributed by atoms with Crippen LogP contribution in [0.1, 0.15) is 5.56 Å². The molecule has 0 bridgehead atoms. The highest BCUT2D eigenvalue weighted by atomic mass is 15.2. The van der Waals surface area contributed by atoms with Gasteiger partial charge in [0.15, 0.2) is 0 Å². The standard InChI is InChI=1S/C45H30N2/c1-29-39(28-26-38-43-34-20-9-8-13-30(34)25-27-41(43)47(45(29)38)33-18-6-3-7-19-33)46(32-16-4-2-5-17-32)40-24-12-22-36-35-21-10-14-31-15-11-23-37(42(31)35)44(36)40/h2-28H,1H3. The van der Waals surface area contributed by atoms with Gasteiger partial charge in [0.25, 0.3) is 0 Å². The number of benzene rings is 8. The lowest BCUT2D eigenvalue weighted by atomic mass is 9.98. The molecule has 0 N–H and O–H groups in total. The Bertz CT molecular complexity index is 2680. The third-order valence-electron chi connectivity index (χ3n) is 10.1. The molecule has 0 saturated carbocycles. The summed E-state index contributed by atoms with van der Waals surface area (Å²) in [6.45, 7) is 2.30. The van der Waals surface area contributed by atoms with Gasteiger partial charge in [-0.05, 0) is 93.2 Å². The number of anilines is 3. The van der Waals surface area contributed by atoms with Crippen molar-refractivity contribution in [2.24, 2.45) is 0 Å². The lowest BCUT2D eigenvalue weighted by Gasteiger charge is -2.30. The van der Waals surface area contributed by atoms with Gasteiger partial charge >= 0.3 is 0 Å². The highest BCUT2D eigenvalue weighted by Crippen LogP contribution is 2.54. The van der Waals surface area contributed by atoms with Gasteiger partial charge in [-0.2, -0.15) is 0 Å².